The van der Waals surface area contributed by atoms with Crippen LogP contribution in [0.25, 0.3) is 27.8 Å². The third-order valence-corrected chi connectivity index (χ3v) is 6.73. The smallest absolute Gasteiger partial charge is 0.464 e. The number of H-pyrrole nitrogens is 1. The molecular weight excluding hydrogens is 725 g/mol. The topological polar surface area (TPSA) is 165 Å². The van der Waals surface area contributed by atoms with E-state index in [1.807, 2.05) is 0 Å². The van der Waals surface area contributed by atoms with Crippen molar-refractivity contribution in [2.24, 2.45) is 0 Å². The Morgan fingerprint density at radius 3 is 2.11 bits per heavy atom. The number of aromatic nitrogens is 6. The summed E-state index contributed by atoms with van der Waals surface area (Å²) >= 11 is 6.25. The first-order valence-electron chi connectivity index (χ1n) is 12.6. The molecule has 4 aromatic heterocycles. The third kappa shape index (κ3) is 8.13. The molecule has 17 heteroatoms. The van der Waals surface area contributed by atoms with Crippen molar-refractivity contribution in [1.82, 2.24) is 29.9 Å². The number of pyridine rings is 2. The number of carbonyl (C=O) groups is 2. The molecule has 230 valence electrons. The van der Waals surface area contributed by atoms with Crippen LogP contribution in [0, 0.1) is 11.6 Å². The Kier molecular flexibility index (Phi) is 11.1. The number of fused-ring (bicyclic) bond motifs is 2. The molecule has 45 heavy (non-hydrogen) atoms. The predicted octanol–water partition coefficient (Wildman–Crippen LogP) is 4.12. The molecule has 0 radical (unpaired) electrons. The van der Waals surface area contributed by atoms with Crippen LogP contribution in [0.15, 0.2) is 82.0 Å². The number of hydrogen-bond acceptors (Lipinski definition) is 10. The lowest BCUT2D eigenvalue weighted by Crippen LogP contribution is -2.30. The van der Waals surface area contributed by atoms with Crippen molar-refractivity contribution in [1.29, 1.82) is 0 Å². The first kappa shape index (κ1) is 33.3. The number of hydrogen-bond donors (Lipinski definition) is 3. The van der Waals surface area contributed by atoms with E-state index in [0.717, 1.165) is 6.07 Å². The summed E-state index contributed by atoms with van der Waals surface area (Å²) < 4.78 is 37.8. The minimum Gasteiger partial charge on any atom is -0.464 e. The summed E-state index contributed by atoms with van der Waals surface area (Å²) in [6.45, 7) is 0. The van der Waals surface area contributed by atoms with Gasteiger partial charge in [-0.1, -0.05) is 31.9 Å². The maximum Gasteiger partial charge on any atom is 0.488 e. The highest BCUT2D eigenvalue weighted by Gasteiger charge is 2.20. The van der Waals surface area contributed by atoms with E-state index < -0.39 is 30.7 Å². The van der Waals surface area contributed by atoms with E-state index in [1.165, 1.54) is 43.2 Å². The Labute approximate surface area is 270 Å². The molecule has 12 nitrogen and oxygen atoms in total. The molecule has 2 aromatic carbocycles. The van der Waals surface area contributed by atoms with Gasteiger partial charge in [0, 0.05) is 21.3 Å². The number of aromatic amines is 1. The van der Waals surface area contributed by atoms with E-state index in [0.29, 0.717) is 42.4 Å². The number of halogens is 4. The molecular formula is C28H21BBr2F2N6O6. The van der Waals surface area contributed by atoms with Crippen LogP contribution < -0.4 is 5.46 Å². The molecule has 0 fully saturated rings. The van der Waals surface area contributed by atoms with E-state index in [9.17, 15) is 18.4 Å². The quantitative estimate of drug-likeness (QED) is 0.177. The average molecular weight is 746 g/mol. The predicted molar refractivity (Wildman–Crippen MR) is 167 cm³/mol. The maximum absolute atomic E-state index is 13.6. The first-order chi connectivity index (χ1) is 21.5. The second kappa shape index (κ2) is 14.9. The molecule has 0 bridgehead atoms. The van der Waals surface area contributed by atoms with Gasteiger partial charge in [-0.25, -0.2) is 33.0 Å². The van der Waals surface area contributed by atoms with Crippen LogP contribution >= 0.6 is 31.9 Å². The van der Waals surface area contributed by atoms with Gasteiger partial charge in [0.2, 0.25) is 0 Å². The lowest BCUT2D eigenvalue weighted by Gasteiger charge is -2.03. The summed E-state index contributed by atoms with van der Waals surface area (Å²) in [6.07, 6.45) is 3.19. The van der Waals surface area contributed by atoms with Crippen LogP contribution in [0.5, 0.6) is 0 Å². The van der Waals surface area contributed by atoms with Gasteiger partial charge >= 0.3 is 19.1 Å². The van der Waals surface area contributed by atoms with Crippen LogP contribution in [-0.4, -0.2) is 73.3 Å². The van der Waals surface area contributed by atoms with Gasteiger partial charge in [-0.3, -0.25) is 5.10 Å². The number of rotatable bonds is 4. The summed E-state index contributed by atoms with van der Waals surface area (Å²) in [6, 6.07) is 15.0. The monoisotopic (exact) mass is 744 g/mol. The SMILES string of the molecule is COC(=O)c1[nH]nc2ncccc12.COC(=O)c1nn(-c2cc(F)cc(Br)c2)c2ncccc12.OB(O)c1cc(F)cc(Br)c1. The highest BCUT2D eigenvalue weighted by molar-refractivity contribution is 9.10. The van der Waals surface area contributed by atoms with Gasteiger partial charge in [-0.05, 0) is 66.1 Å². The Bertz CT molecular complexity index is 1950. The van der Waals surface area contributed by atoms with Crippen LogP contribution in [0.2, 0.25) is 0 Å². The molecule has 0 saturated carbocycles. The van der Waals surface area contributed by atoms with Gasteiger partial charge in [0.25, 0.3) is 0 Å². The molecule has 0 atom stereocenters. The van der Waals surface area contributed by atoms with Crippen molar-refractivity contribution in [2.75, 3.05) is 14.2 Å². The molecule has 6 aromatic rings. The van der Waals surface area contributed by atoms with E-state index in [4.69, 9.17) is 14.8 Å². The zero-order valence-electron chi connectivity index (χ0n) is 23.3. The summed E-state index contributed by atoms with van der Waals surface area (Å²) in [5.41, 5.74) is 2.04. The molecule has 0 saturated heterocycles. The number of nitrogens with zero attached hydrogens (tertiary/aromatic N) is 5. The van der Waals surface area contributed by atoms with Crippen molar-refractivity contribution < 1.29 is 37.9 Å². The van der Waals surface area contributed by atoms with Crippen molar-refractivity contribution in [2.45, 2.75) is 0 Å². The van der Waals surface area contributed by atoms with Gasteiger partial charge in [-0.15, -0.1) is 0 Å². The molecule has 0 spiro atoms. The summed E-state index contributed by atoms with van der Waals surface area (Å²) in [7, 11) is 0.982. The van der Waals surface area contributed by atoms with E-state index >= 15 is 0 Å². The standard InChI is InChI=1S/C14H9BrFN3O2.C8H7N3O2.C6H5BBrFO2/c1-21-14(20)12-11-3-2-4-17-13(11)19(18-12)10-6-8(15)5-9(16)7-10;1-13-8(12)6-5-3-2-4-9-7(5)11-10-6;8-5-1-4(7(10)11)2-6(9)3-5/h2-7H,1H3;2-4H,1H3,(H,9,10,11);1-3,10-11H. The molecule has 3 N–H and O–H groups in total. The second-order valence-electron chi connectivity index (χ2n) is 8.80. The van der Waals surface area contributed by atoms with Crippen molar-refractivity contribution >= 4 is 78.4 Å². The molecule has 0 amide bonds. The molecule has 6 rings (SSSR count). The van der Waals surface area contributed by atoms with Gasteiger partial charge in [-0.2, -0.15) is 10.2 Å². The number of nitrogens with one attached hydrogen (secondary N) is 1. The minimum atomic E-state index is -1.62. The first-order valence-corrected chi connectivity index (χ1v) is 14.2. The Hall–Kier alpha value is -4.58. The summed E-state index contributed by atoms with van der Waals surface area (Å²) in [5.74, 6) is -1.92. The van der Waals surface area contributed by atoms with Gasteiger partial charge in [0.05, 0.1) is 30.7 Å². The number of methoxy groups -OCH3 is 2. The molecule has 0 aliphatic rings. The number of carbonyl (C=O) groups excluding carboxylic acids is 2. The normalized spacial score (nSPS) is 10.4. The summed E-state index contributed by atoms with van der Waals surface area (Å²) in [4.78, 5) is 31.1. The van der Waals surface area contributed by atoms with Crippen molar-refractivity contribution in [3.8, 4) is 5.69 Å². The Morgan fingerprint density at radius 1 is 0.867 bits per heavy atom. The Morgan fingerprint density at radius 2 is 1.49 bits per heavy atom. The van der Waals surface area contributed by atoms with Crippen LogP contribution in [0.3, 0.4) is 0 Å². The highest BCUT2D eigenvalue weighted by Crippen LogP contribution is 2.24. The van der Waals surface area contributed by atoms with Crippen molar-refractivity contribution in [3.05, 3.63) is 105 Å². The fourth-order valence-corrected chi connectivity index (χ4v) is 4.81. The third-order valence-electron chi connectivity index (χ3n) is 5.82. The number of esters is 2. The van der Waals surface area contributed by atoms with Crippen LogP contribution in [0.1, 0.15) is 21.0 Å². The average Bonchev–Trinajstić information content (AvgIpc) is 3.62. The largest absolute Gasteiger partial charge is 0.488 e. The fraction of sp³-hybridized carbons (Fsp3) is 0.0714. The number of benzene rings is 2. The highest BCUT2D eigenvalue weighted by atomic mass is 79.9. The zero-order valence-corrected chi connectivity index (χ0v) is 26.5. The fourth-order valence-electron chi connectivity index (χ4n) is 3.87. The summed E-state index contributed by atoms with van der Waals surface area (Å²) in [5, 5.41) is 29.1. The Balaban J connectivity index is 0.000000165. The minimum absolute atomic E-state index is 0.136. The maximum atomic E-state index is 13.6. The lowest BCUT2D eigenvalue weighted by molar-refractivity contribution is 0.0587. The van der Waals surface area contributed by atoms with E-state index in [1.54, 1.807) is 42.7 Å². The zero-order chi connectivity index (χ0) is 32.7. The van der Waals surface area contributed by atoms with E-state index in [-0.39, 0.29) is 11.2 Å². The van der Waals surface area contributed by atoms with Crippen LogP contribution in [0.4, 0.5) is 8.78 Å². The lowest BCUT2D eigenvalue weighted by atomic mass is 9.80. The van der Waals surface area contributed by atoms with E-state index in [2.05, 4.69) is 61.9 Å². The molecule has 0 aliphatic carbocycles. The molecule has 0 aliphatic heterocycles. The number of ether oxygens (including phenoxy) is 2. The molecule has 0 unspecified atom stereocenters. The van der Waals surface area contributed by atoms with Gasteiger partial charge in [0.1, 0.15) is 11.6 Å². The van der Waals surface area contributed by atoms with Crippen molar-refractivity contribution in [3.63, 3.8) is 0 Å². The van der Waals surface area contributed by atoms with Gasteiger partial charge in [0.15, 0.2) is 22.7 Å². The second-order valence-corrected chi connectivity index (χ2v) is 10.6. The molecule has 4 heterocycles. The van der Waals surface area contributed by atoms with Crippen LogP contribution in [-0.2, 0) is 9.47 Å². The van der Waals surface area contributed by atoms with Gasteiger partial charge < -0.3 is 19.5 Å².